The Morgan fingerprint density at radius 2 is 2.33 bits per heavy atom. The zero-order valence-electron chi connectivity index (χ0n) is 5.22. The number of carbonyl (C=O) groups is 1. The number of rotatable bonds is 2. The van der Waals surface area contributed by atoms with E-state index in [4.69, 9.17) is 4.74 Å². The molecule has 0 aromatic rings. The van der Waals surface area contributed by atoms with Gasteiger partial charge in [0.15, 0.2) is 0 Å². The number of hydrogen-bond acceptors (Lipinski definition) is 3. The highest BCUT2D eigenvalue weighted by molar-refractivity contribution is 5.66. The average Bonchev–Trinajstić information content (AvgIpc) is 2.50. The molecule has 0 unspecified atom stereocenters. The molecule has 1 N–H and O–H groups in total. The molecule has 0 spiro atoms. The molecule has 0 heterocycles. The van der Waals surface area contributed by atoms with Crippen LogP contribution in [0.5, 0.6) is 0 Å². The van der Waals surface area contributed by atoms with Gasteiger partial charge >= 0.3 is 6.09 Å². The van der Waals surface area contributed by atoms with Gasteiger partial charge in [-0.25, -0.2) is 4.79 Å². The quantitative estimate of drug-likeness (QED) is 0.553. The summed E-state index contributed by atoms with van der Waals surface area (Å²) in [6.45, 7) is 0. The lowest BCUT2D eigenvalue weighted by molar-refractivity contribution is 0.0549. The van der Waals surface area contributed by atoms with Crippen LogP contribution in [0.1, 0.15) is 12.8 Å². The maximum atomic E-state index is 10.4. The molecular weight excluding hydrogens is 122 g/mol. The van der Waals surface area contributed by atoms with Gasteiger partial charge in [0, 0.05) is 0 Å². The highest BCUT2D eigenvalue weighted by Gasteiger charge is 2.25. The molecule has 1 aliphatic rings. The van der Waals surface area contributed by atoms with Crippen molar-refractivity contribution in [3.8, 4) is 0 Å². The molecule has 9 heavy (non-hydrogen) atoms. The van der Waals surface area contributed by atoms with Crippen molar-refractivity contribution in [2.24, 2.45) is 0 Å². The van der Waals surface area contributed by atoms with Crippen LogP contribution in [-0.4, -0.2) is 19.3 Å². The van der Waals surface area contributed by atoms with E-state index < -0.39 is 6.09 Å². The summed E-state index contributed by atoms with van der Waals surface area (Å²) in [5.74, 6) is 0. The first-order valence-electron chi connectivity index (χ1n) is 2.82. The Hall–Kier alpha value is -0.770. The summed E-state index contributed by atoms with van der Waals surface area (Å²) in [6.07, 6.45) is 1.61. The second-order valence-corrected chi connectivity index (χ2v) is 1.91. The Balaban J connectivity index is 2.02. The lowest BCUT2D eigenvalue weighted by Gasteiger charge is -2.00. The summed E-state index contributed by atoms with van der Waals surface area (Å²) in [7, 11) is 1.37. The maximum Gasteiger partial charge on any atom is 0.431 e. The fourth-order valence-electron chi connectivity index (χ4n) is 0.445. The molecule has 0 aromatic heterocycles. The SMILES string of the molecule is CONC(=O)OC1CC1. The fourth-order valence-corrected chi connectivity index (χ4v) is 0.445. The molecular formula is C5H9NO3. The van der Waals surface area contributed by atoms with Gasteiger partial charge in [0.05, 0.1) is 7.11 Å². The van der Waals surface area contributed by atoms with Crippen LogP contribution in [0.15, 0.2) is 0 Å². The van der Waals surface area contributed by atoms with E-state index in [1.165, 1.54) is 7.11 Å². The summed E-state index contributed by atoms with van der Waals surface area (Å²) in [5.41, 5.74) is 2.06. The lowest BCUT2D eigenvalue weighted by atomic mass is 10.8. The third kappa shape index (κ3) is 2.32. The van der Waals surface area contributed by atoms with Crippen LogP contribution in [0.4, 0.5) is 4.79 Å². The van der Waals surface area contributed by atoms with Crippen LogP contribution in [-0.2, 0) is 9.57 Å². The van der Waals surface area contributed by atoms with Crippen molar-refractivity contribution in [3.63, 3.8) is 0 Å². The first kappa shape index (κ1) is 6.35. The minimum absolute atomic E-state index is 0.139. The Morgan fingerprint density at radius 1 is 1.67 bits per heavy atom. The Labute approximate surface area is 53.1 Å². The minimum Gasteiger partial charge on any atom is -0.445 e. The topological polar surface area (TPSA) is 47.6 Å². The van der Waals surface area contributed by atoms with Gasteiger partial charge in [0.25, 0.3) is 0 Å². The van der Waals surface area contributed by atoms with Crippen LogP contribution in [0, 0.1) is 0 Å². The van der Waals surface area contributed by atoms with E-state index in [9.17, 15) is 4.79 Å². The van der Waals surface area contributed by atoms with E-state index in [1.807, 2.05) is 0 Å². The molecule has 0 atom stereocenters. The van der Waals surface area contributed by atoms with Crippen molar-refractivity contribution in [1.82, 2.24) is 5.48 Å². The Bertz CT molecular complexity index is 111. The standard InChI is InChI=1S/C5H9NO3/c1-8-6-5(7)9-4-2-3-4/h4H,2-3H2,1H3,(H,6,7). The van der Waals surface area contributed by atoms with E-state index in [0.29, 0.717) is 0 Å². The molecule has 0 radical (unpaired) electrons. The second kappa shape index (κ2) is 2.68. The summed E-state index contributed by atoms with van der Waals surface area (Å²) in [6, 6.07) is 0. The second-order valence-electron chi connectivity index (χ2n) is 1.91. The smallest absolute Gasteiger partial charge is 0.431 e. The van der Waals surface area contributed by atoms with Crippen LogP contribution in [0.25, 0.3) is 0 Å². The van der Waals surface area contributed by atoms with E-state index in [0.717, 1.165) is 12.8 Å². The molecule has 1 saturated carbocycles. The van der Waals surface area contributed by atoms with Crippen molar-refractivity contribution in [2.75, 3.05) is 7.11 Å². The largest absolute Gasteiger partial charge is 0.445 e. The number of hydrogen-bond donors (Lipinski definition) is 1. The number of ether oxygens (including phenoxy) is 1. The van der Waals surface area contributed by atoms with Gasteiger partial charge in [-0.2, -0.15) is 5.48 Å². The maximum absolute atomic E-state index is 10.4. The van der Waals surface area contributed by atoms with Gasteiger partial charge in [-0.1, -0.05) is 0 Å². The van der Waals surface area contributed by atoms with Crippen LogP contribution in [0.2, 0.25) is 0 Å². The zero-order valence-corrected chi connectivity index (χ0v) is 5.22. The van der Waals surface area contributed by atoms with Gasteiger partial charge < -0.3 is 4.74 Å². The van der Waals surface area contributed by atoms with Gasteiger partial charge in [-0.05, 0) is 12.8 Å². The van der Waals surface area contributed by atoms with Crippen LogP contribution in [0.3, 0.4) is 0 Å². The predicted molar refractivity (Wildman–Crippen MR) is 29.6 cm³/mol. The lowest BCUT2D eigenvalue weighted by Crippen LogP contribution is -2.23. The predicted octanol–water partition coefficient (Wildman–Crippen LogP) is 0.436. The molecule has 0 aliphatic heterocycles. The number of nitrogens with one attached hydrogen (secondary N) is 1. The molecule has 4 nitrogen and oxygen atoms in total. The normalized spacial score (nSPS) is 17.0. The van der Waals surface area contributed by atoms with Crippen LogP contribution < -0.4 is 5.48 Å². The minimum atomic E-state index is -0.500. The van der Waals surface area contributed by atoms with Crippen molar-refractivity contribution < 1.29 is 14.4 Å². The van der Waals surface area contributed by atoms with E-state index >= 15 is 0 Å². The first-order chi connectivity index (χ1) is 4.33. The molecule has 52 valence electrons. The fraction of sp³-hybridized carbons (Fsp3) is 0.800. The van der Waals surface area contributed by atoms with Gasteiger partial charge in [-0.15, -0.1) is 0 Å². The highest BCUT2D eigenvalue weighted by atomic mass is 16.7. The van der Waals surface area contributed by atoms with Crippen molar-refractivity contribution in [3.05, 3.63) is 0 Å². The third-order valence-corrected chi connectivity index (χ3v) is 0.983. The van der Waals surface area contributed by atoms with E-state index in [-0.39, 0.29) is 6.10 Å². The van der Waals surface area contributed by atoms with Crippen molar-refractivity contribution >= 4 is 6.09 Å². The summed E-state index contributed by atoms with van der Waals surface area (Å²) in [5, 5.41) is 0. The molecule has 1 fully saturated rings. The van der Waals surface area contributed by atoms with Crippen LogP contribution >= 0.6 is 0 Å². The number of carbonyl (C=O) groups excluding carboxylic acids is 1. The third-order valence-electron chi connectivity index (χ3n) is 0.983. The molecule has 1 amide bonds. The number of amides is 1. The van der Waals surface area contributed by atoms with Gasteiger partial charge in [-0.3, -0.25) is 4.84 Å². The summed E-state index contributed by atoms with van der Waals surface area (Å²) >= 11 is 0. The highest BCUT2D eigenvalue weighted by Crippen LogP contribution is 2.23. The molecule has 0 saturated heterocycles. The van der Waals surface area contributed by atoms with Gasteiger partial charge in [0.2, 0.25) is 0 Å². The van der Waals surface area contributed by atoms with E-state index in [2.05, 4.69) is 10.3 Å². The number of hydroxylamine groups is 1. The molecule has 0 aromatic carbocycles. The van der Waals surface area contributed by atoms with Crippen molar-refractivity contribution in [2.45, 2.75) is 18.9 Å². The summed E-state index contributed by atoms with van der Waals surface area (Å²) in [4.78, 5) is 14.7. The summed E-state index contributed by atoms with van der Waals surface area (Å²) < 4.78 is 4.73. The van der Waals surface area contributed by atoms with Crippen molar-refractivity contribution in [1.29, 1.82) is 0 Å². The van der Waals surface area contributed by atoms with Gasteiger partial charge in [0.1, 0.15) is 6.10 Å². The Kier molecular flexibility index (Phi) is 1.89. The van der Waals surface area contributed by atoms with E-state index in [1.54, 1.807) is 0 Å². The first-order valence-corrected chi connectivity index (χ1v) is 2.82. The molecule has 1 rings (SSSR count). The zero-order chi connectivity index (χ0) is 6.69. The molecule has 1 aliphatic carbocycles. The average molecular weight is 131 g/mol. The molecule has 0 bridgehead atoms. The Morgan fingerprint density at radius 3 is 2.78 bits per heavy atom. The molecule has 4 heteroatoms. The monoisotopic (exact) mass is 131 g/mol.